The minimum atomic E-state index is 1.07. The second-order valence-corrected chi connectivity index (χ2v) is 14.6. The van der Waals surface area contributed by atoms with Gasteiger partial charge in [-0.3, -0.25) is 0 Å². The van der Waals surface area contributed by atoms with Crippen LogP contribution in [0, 0.1) is 0 Å². The number of para-hydroxylation sites is 5. The molecule has 9 aromatic carbocycles. The van der Waals surface area contributed by atoms with E-state index in [1.54, 1.807) is 0 Å². The topological polar surface area (TPSA) is 13.1 Å². The highest BCUT2D eigenvalue weighted by atomic mass is 15.1. The van der Waals surface area contributed by atoms with Crippen LogP contribution in [0.5, 0.6) is 0 Å². The molecule has 0 aliphatic carbocycles. The van der Waals surface area contributed by atoms with Crippen molar-refractivity contribution in [1.29, 1.82) is 0 Å². The van der Waals surface area contributed by atoms with Gasteiger partial charge in [-0.1, -0.05) is 146 Å². The number of benzene rings is 9. The maximum absolute atomic E-state index is 2.43. The summed E-state index contributed by atoms with van der Waals surface area (Å²) in [6, 6.07) is 81.3. The van der Waals surface area contributed by atoms with Crippen molar-refractivity contribution in [2.75, 3.05) is 4.90 Å². The molecule has 0 fully saturated rings. The average molecular weight is 728 g/mol. The van der Waals surface area contributed by atoms with E-state index in [0.29, 0.717) is 0 Å². The van der Waals surface area contributed by atoms with E-state index in [2.05, 4.69) is 238 Å². The van der Waals surface area contributed by atoms with Crippen molar-refractivity contribution in [2.45, 2.75) is 0 Å². The highest BCUT2D eigenvalue weighted by Crippen LogP contribution is 2.42. The predicted octanol–water partition coefficient (Wildman–Crippen LogP) is 14.7. The van der Waals surface area contributed by atoms with Gasteiger partial charge in [-0.05, 0) is 101 Å². The Morgan fingerprint density at radius 3 is 1.37 bits per heavy atom. The molecule has 11 aromatic rings. The molecule has 0 saturated carbocycles. The first-order valence-electron chi connectivity index (χ1n) is 19.5. The predicted molar refractivity (Wildman–Crippen MR) is 241 cm³/mol. The Labute approximate surface area is 331 Å². The lowest BCUT2D eigenvalue weighted by Gasteiger charge is -2.27. The molecule has 0 amide bonds. The van der Waals surface area contributed by atoms with Crippen LogP contribution < -0.4 is 4.90 Å². The molecule has 0 atom stereocenters. The third-order valence-corrected chi connectivity index (χ3v) is 11.2. The Kier molecular flexibility index (Phi) is 7.82. The molecule has 11 rings (SSSR count). The average Bonchev–Trinajstić information content (AvgIpc) is 3.80. The second-order valence-electron chi connectivity index (χ2n) is 14.6. The minimum Gasteiger partial charge on any atom is -0.310 e. The van der Waals surface area contributed by atoms with Crippen LogP contribution in [-0.4, -0.2) is 9.13 Å². The molecule has 268 valence electrons. The Morgan fingerprint density at radius 1 is 0.246 bits per heavy atom. The summed E-state index contributed by atoms with van der Waals surface area (Å²) in [7, 11) is 0. The molecule has 0 saturated heterocycles. The maximum atomic E-state index is 2.43. The fourth-order valence-corrected chi connectivity index (χ4v) is 8.71. The van der Waals surface area contributed by atoms with E-state index in [1.807, 2.05) is 0 Å². The van der Waals surface area contributed by atoms with Crippen LogP contribution in [0.15, 0.2) is 224 Å². The molecular formula is C54H37N3. The zero-order chi connectivity index (χ0) is 37.7. The van der Waals surface area contributed by atoms with Gasteiger partial charge < -0.3 is 14.0 Å². The summed E-state index contributed by atoms with van der Waals surface area (Å²) in [4.78, 5) is 2.40. The lowest BCUT2D eigenvalue weighted by Crippen LogP contribution is -2.11. The molecule has 2 heterocycles. The quantitative estimate of drug-likeness (QED) is 0.159. The van der Waals surface area contributed by atoms with Crippen molar-refractivity contribution in [3.05, 3.63) is 224 Å². The van der Waals surface area contributed by atoms with Gasteiger partial charge in [-0.2, -0.15) is 0 Å². The van der Waals surface area contributed by atoms with E-state index in [1.165, 1.54) is 54.7 Å². The van der Waals surface area contributed by atoms with Gasteiger partial charge >= 0.3 is 0 Å². The zero-order valence-corrected chi connectivity index (χ0v) is 31.2. The van der Waals surface area contributed by atoms with E-state index in [0.717, 1.165) is 39.6 Å². The number of hydrogen-bond donors (Lipinski definition) is 0. The third kappa shape index (κ3) is 5.60. The SMILES string of the molecule is c1ccc(-c2cccc(N(c3ccccc3)c3cc(-c4ccc5c6ccccc6n(-c6ccccc6)c5c4)cc(-n4c5ccccc5c5ccccc54)c3)c2)cc1. The zero-order valence-electron chi connectivity index (χ0n) is 31.2. The highest BCUT2D eigenvalue weighted by molar-refractivity contribution is 6.11. The summed E-state index contributed by atoms with van der Waals surface area (Å²) in [5, 5.41) is 4.96. The highest BCUT2D eigenvalue weighted by Gasteiger charge is 2.20. The standard InChI is InChI=1S/C54H37N3/c1-4-17-38(18-5-1)39-19-16-24-44(33-39)55(42-20-6-2-7-21-42)45-34-41(35-46(37-45)57-52-29-14-10-25-47(52)48-26-11-15-30-53(48)57)40-31-32-50-49-27-12-13-28-51(49)56(54(50)36-40)43-22-8-3-9-23-43/h1-37H. The number of hydrogen-bond acceptors (Lipinski definition) is 1. The molecule has 2 aromatic heterocycles. The Balaban J connectivity index is 1.20. The van der Waals surface area contributed by atoms with E-state index in [4.69, 9.17) is 0 Å². The van der Waals surface area contributed by atoms with E-state index in [9.17, 15) is 0 Å². The van der Waals surface area contributed by atoms with Crippen molar-refractivity contribution in [2.24, 2.45) is 0 Å². The molecule has 0 N–H and O–H groups in total. The van der Waals surface area contributed by atoms with E-state index in [-0.39, 0.29) is 0 Å². The van der Waals surface area contributed by atoms with Crippen molar-refractivity contribution >= 4 is 60.7 Å². The first-order chi connectivity index (χ1) is 28.3. The van der Waals surface area contributed by atoms with Gasteiger partial charge in [-0.15, -0.1) is 0 Å². The molecule has 3 nitrogen and oxygen atoms in total. The fraction of sp³-hybridized carbons (Fsp3) is 0. The van der Waals surface area contributed by atoms with Crippen LogP contribution in [0.2, 0.25) is 0 Å². The van der Waals surface area contributed by atoms with Gasteiger partial charge in [0, 0.05) is 50.0 Å². The summed E-state index contributed by atoms with van der Waals surface area (Å²) in [5.41, 5.74) is 14.9. The second kappa shape index (κ2) is 13.6. The van der Waals surface area contributed by atoms with Crippen molar-refractivity contribution < 1.29 is 0 Å². The Hall–Kier alpha value is -7.62. The minimum absolute atomic E-state index is 1.07. The molecule has 0 unspecified atom stereocenters. The number of rotatable bonds is 7. The van der Waals surface area contributed by atoms with Gasteiger partial charge in [0.05, 0.1) is 22.1 Å². The molecular weight excluding hydrogens is 691 g/mol. The van der Waals surface area contributed by atoms with E-state index < -0.39 is 0 Å². The van der Waals surface area contributed by atoms with Crippen molar-refractivity contribution in [3.63, 3.8) is 0 Å². The van der Waals surface area contributed by atoms with Gasteiger partial charge in [0.25, 0.3) is 0 Å². The molecule has 0 bridgehead atoms. The Morgan fingerprint density at radius 2 is 0.719 bits per heavy atom. The van der Waals surface area contributed by atoms with Gasteiger partial charge in [0.15, 0.2) is 0 Å². The van der Waals surface area contributed by atoms with Crippen molar-refractivity contribution in [3.8, 4) is 33.6 Å². The fourth-order valence-electron chi connectivity index (χ4n) is 8.71. The normalized spacial score (nSPS) is 11.5. The van der Waals surface area contributed by atoms with Gasteiger partial charge in [0.1, 0.15) is 0 Å². The van der Waals surface area contributed by atoms with Crippen LogP contribution in [0.3, 0.4) is 0 Å². The molecule has 0 aliphatic heterocycles. The van der Waals surface area contributed by atoms with Gasteiger partial charge in [0.2, 0.25) is 0 Å². The smallest absolute Gasteiger partial charge is 0.0547 e. The summed E-state index contributed by atoms with van der Waals surface area (Å²) in [6.07, 6.45) is 0. The lowest BCUT2D eigenvalue weighted by atomic mass is 10.0. The largest absolute Gasteiger partial charge is 0.310 e. The van der Waals surface area contributed by atoms with Crippen LogP contribution in [0.1, 0.15) is 0 Å². The summed E-state index contributed by atoms with van der Waals surface area (Å²) in [5.74, 6) is 0. The van der Waals surface area contributed by atoms with Crippen LogP contribution >= 0.6 is 0 Å². The number of fused-ring (bicyclic) bond motifs is 6. The molecule has 0 aliphatic rings. The summed E-state index contributed by atoms with van der Waals surface area (Å²) < 4.78 is 4.83. The first-order valence-corrected chi connectivity index (χ1v) is 19.5. The number of aromatic nitrogens is 2. The van der Waals surface area contributed by atoms with Crippen LogP contribution in [0.4, 0.5) is 17.1 Å². The summed E-state index contributed by atoms with van der Waals surface area (Å²) in [6.45, 7) is 0. The first kappa shape index (κ1) is 32.8. The number of anilines is 3. The third-order valence-electron chi connectivity index (χ3n) is 11.2. The van der Waals surface area contributed by atoms with Crippen LogP contribution in [0.25, 0.3) is 77.2 Å². The summed E-state index contributed by atoms with van der Waals surface area (Å²) >= 11 is 0. The molecule has 3 heteroatoms. The van der Waals surface area contributed by atoms with E-state index >= 15 is 0 Å². The monoisotopic (exact) mass is 727 g/mol. The lowest BCUT2D eigenvalue weighted by molar-refractivity contribution is 1.17. The van der Waals surface area contributed by atoms with Crippen LogP contribution in [-0.2, 0) is 0 Å². The van der Waals surface area contributed by atoms with Crippen molar-refractivity contribution in [1.82, 2.24) is 9.13 Å². The molecule has 57 heavy (non-hydrogen) atoms. The Bertz CT molecular complexity index is 3180. The molecule has 0 spiro atoms. The molecule has 0 radical (unpaired) electrons. The number of nitrogens with zero attached hydrogens (tertiary/aromatic N) is 3. The maximum Gasteiger partial charge on any atom is 0.0547 e. The van der Waals surface area contributed by atoms with Gasteiger partial charge in [-0.25, -0.2) is 0 Å².